The van der Waals surface area contributed by atoms with Crippen molar-refractivity contribution in [3.8, 4) is 0 Å². The molecule has 0 atom stereocenters. The molecule has 0 aromatic heterocycles. The zero-order valence-corrected chi connectivity index (χ0v) is 12.2. The van der Waals surface area contributed by atoms with Crippen molar-refractivity contribution in [3.63, 3.8) is 0 Å². The van der Waals surface area contributed by atoms with Gasteiger partial charge in [-0.2, -0.15) is 0 Å². The molecule has 0 bridgehead atoms. The molecule has 3 rings (SSSR count). The smallest absolute Gasteiger partial charge is 0.259 e. The Morgan fingerprint density at radius 2 is 2.00 bits per heavy atom. The summed E-state index contributed by atoms with van der Waals surface area (Å²) in [6.07, 6.45) is 0.783. The minimum atomic E-state index is -0.304. The fourth-order valence-corrected chi connectivity index (χ4v) is 2.96. The van der Waals surface area contributed by atoms with Crippen LogP contribution in [0.4, 0.5) is 10.1 Å². The van der Waals surface area contributed by atoms with Crippen molar-refractivity contribution < 1.29 is 9.18 Å². The molecule has 0 saturated carbocycles. The first-order valence-corrected chi connectivity index (χ1v) is 7.09. The molecule has 0 saturated heterocycles. The van der Waals surface area contributed by atoms with Gasteiger partial charge in [0.05, 0.1) is 11.3 Å². The molecular weight excluding hydrogens is 356 g/mol. The summed E-state index contributed by atoms with van der Waals surface area (Å²) in [6.45, 7) is 0.614. The van der Waals surface area contributed by atoms with Crippen LogP contribution in [0.3, 0.4) is 0 Å². The average Bonchev–Trinajstić information content (AvgIpc) is 2.81. The third-order valence-corrected chi connectivity index (χ3v) is 4.23. The number of nitrogens with zero attached hydrogens (tertiary/aromatic N) is 1. The summed E-state index contributed by atoms with van der Waals surface area (Å²) in [5, 5.41) is 0. The molecule has 1 aliphatic rings. The van der Waals surface area contributed by atoms with Crippen LogP contribution in [-0.2, 0) is 6.42 Å². The summed E-state index contributed by atoms with van der Waals surface area (Å²) >= 11 is 2.15. The number of amides is 1. The predicted molar refractivity (Wildman–Crippen MR) is 80.9 cm³/mol. The molecular formula is C15H11FINO. The first-order valence-electron chi connectivity index (χ1n) is 6.01. The number of halogens is 2. The number of carbonyl (C=O) groups excluding carboxylic acids is 1. The van der Waals surface area contributed by atoms with Gasteiger partial charge in [0, 0.05) is 10.1 Å². The maximum Gasteiger partial charge on any atom is 0.259 e. The van der Waals surface area contributed by atoms with E-state index in [0.717, 1.165) is 15.6 Å². The van der Waals surface area contributed by atoms with E-state index in [-0.39, 0.29) is 11.7 Å². The quantitative estimate of drug-likeness (QED) is 0.705. The van der Waals surface area contributed by atoms with Gasteiger partial charge >= 0.3 is 0 Å². The van der Waals surface area contributed by atoms with Crippen LogP contribution in [0.1, 0.15) is 15.9 Å². The van der Waals surface area contributed by atoms with Gasteiger partial charge in [0.25, 0.3) is 5.91 Å². The van der Waals surface area contributed by atoms with Crippen molar-refractivity contribution in [1.29, 1.82) is 0 Å². The van der Waals surface area contributed by atoms with Crippen molar-refractivity contribution in [2.45, 2.75) is 6.42 Å². The highest BCUT2D eigenvalue weighted by molar-refractivity contribution is 14.1. The fraction of sp³-hybridized carbons (Fsp3) is 0.133. The van der Waals surface area contributed by atoms with Crippen LogP contribution in [-0.4, -0.2) is 12.5 Å². The number of hydrogen-bond donors (Lipinski definition) is 0. The zero-order chi connectivity index (χ0) is 13.4. The van der Waals surface area contributed by atoms with E-state index in [9.17, 15) is 9.18 Å². The molecule has 1 amide bonds. The Morgan fingerprint density at radius 1 is 1.21 bits per heavy atom. The topological polar surface area (TPSA) is 20.3 Å². The number of rotatable bonds is 1. The number of fused-ring (bicyclic) bond motifs is 1. The molecule has 96 valence electrons. The van der Waals surface area contributed by atoms with E-state index < -0.39 is 0 Å². The van der Waals surface area contributed by atoms with Gasteiger partial charge in [-0.1, -0.05) is 18.2 Å². The Morgan fingerprint density at radius 3 is 2.79 bits per heavy atom. The SMILES string of the molecule is O=C(c1ccccc1I)N1CCc2ccc(F)cc21. The normalized spacial score (nSPS) is 13.5. The Labute approximate surface area is 124 Å². The number of hydrogen-bond acceptors (Lipinski definition) is 1. The van der Waals surface area contributed by atoms with Gasteiger partial charge in [-0.3, -0.25) is 4.79 Å². The van der Waals surface area contributed by atoms with E-state index in [1.54, 1.807) is 17.0 Å². The summed E-state index contributed by atoms with van der Waals surface area (Å²) in [4.78, 5) is 14.2. The molecule has 0 N–H and O–H groups in total. The van der Waals surface area contributed by atoms with Crippen molar-refractivity contribution in [2.24, 2.45) is 0 Å². The van der Waals surface area contributed by atoms with Gasteiger partial charge in [-0.25, -0.2) is 4.39 Å². The second-order valence-corrected chi connectivity index (χ2v) is 5.62. The van der Waals surface area contributed by atoms with Crippen LogP contribution < -0.4 is 4.90 Å². The highest BCUT2D eigenvalue weighted by Gasteiger charge is 2.26. The van der Waals surface area contributed by atoms with Crippen LogP contribution in [0.15, 0.2) is 42.5 Å². The summed E-state index contributed by atoms with van der Waals surface area (Å²) < 4.78 is 14.3. The van der Waals surface area contributed by atoms with E-state index in [1.165, 1.54) is 12.1 Å². The second kappa shape index (κ2) is 4.92. The molecule has 19 heavy (non-hydrogen) atoms. The van der Waals surface area contributed by atoms with Crippen molar-refractivity contribution in [1.82, 2.24) is 0 Å². The Kier molecular flexibility index (Phi) is 3.26. The lowest BCUT2D eigenvalue weighted by atomic mass is 10.1. The van der Waals surface area contributed by atoms with Crippen LogP contribution in [0.2, 0.25) is 0 Å². The van der Waals surface area contributed by atoms with Gasteiger partial charge in [0.15, 0.2) is 0 Å². The van der Waals surface area contributed by atoms with Gasteiger partial charge in [-0.05, 0) is 58.8 Å². The third-order valence-electron chi connectivity index (χ3n) is 3.29. The largest absolute Gasteiger partial charge is 0.308 e. The highest BCUT2D eigenvalue weighted by atomic mass is 127. The molecule has 2 aromatic carbocycles. The molecule has 2 nitrogen and oxygen atoms in total. The molecule has 2 aromatic rings. The molecule has 4 heteroatoms. The van der Waals surface area contributed by atoms with Crippen molar-refractivity contribution in [3.05, 3.63) is 63.0 Å². The highest BCUT2D eigenvalue weighted by Crippen LogP contribution is 2.30. The fourth-order valence-electron chi connectivity index (χ4n) is 2.34. The average molecular weight is 367 g/mol. The molecule has 0 unspecified atom stereocenters. The van der Waals surface area contributed by atoms with Gasteiger partial charge in [0.1, 0.15) is 5.82 Å². The van der Waals surface area contributed by atoms with E-state index in [0.29, 0.717) is 17.8 Å². The molecule has 0 aliphatic carbocycles. The maximum absolute atomic E-state index is 13.3. The van der Waals surface area contributed by atoms with E-state index in [4.69, 9.17) is 0 Å². The van der Waals surface area contributed by atoms with Crippen molar-refractivity contribution in [2.75, 3.05) is 11.4 Å². The van der Waals surface area contributed by atoms with Crippen molar-refractivity contribution >= 4 is 34.2 Å². The second-order valence-electron chi connectivity index (χ2n) is 4.46. The standard InChI is InChI=1S/C15H11FINO/c16-11-6-5-10-7-8-18(14(10)9-11)15(19)12-3-1-2-4-13(12)17/h1-6,9H,7-8H2. The van der Waals surface area contributed by atoms with E-state index in [2.05, 4.69) is 22.6 Å². The van der Waals surface area contributed by atoms with Gasteiger partial charge < -0.3 is 4.90 Å². The van der Waals surface area contributed by atoms with E-state index >= 15 is 0 Å². The number of carbonyl (C=O) groups is 1. The van der Waals surface area contributed by atoms with Crippen LogP contribution in [0.5, 0.6) is 0 Å². The Balaban J connectivity index is 2.00. The molecule has 1 heterocycles. The first kappa shape index (κ1) is 12.6. The minimum Gasteiger partial charge on any atom is -0.308 e. The molecule has 0 fully saturated rings. The summed E-state index contributed by atoms with van der Waals surface area (Å²) in [7, 11) is 0. The lowest BCUT2D eigenvalue weighted by Crippen LogP contribution is -2.29. The maximum atomic E-state index is 13.3. The Hall–Kier alpha value is -1.43. The number of benzene rings is 2. The minimum absolute atomic E-state index is 0.0608. The molecule has 0 spiro atoms. The predicted octanol–water partition coefficient (Wildman–Crippen LogP) is 3.63. The van der Waals surface area contributed by atoms with Crippen LogP contribution in [0, 0.1) is 9.39 Å². The third kappa shape index (κ3) is 2.25. The lowest BCUT2D eigenvalue weighted by Gasteiger charge is -2.18. The Bertz CT molecular complexity index is 656. The first-order chi connectivity index (χ1) is 9.16. The summed E-state index contributed by atoms with van der Waals surface area (Å²) in [5.41, 5.74) is 2.39. The zero-order valence-electron chi connectivity index (χ0n) is 10.1. The van der Waals surface area contributed by atoms with Crippen LogP contribution in [0.25, 0.3) is 0 Å². The van der Waals surface area contributed by atoms with Gasteiger partial charge in [-0.15, -0.1) is 0 Å². The molecule has 0 radical (unpaired) electrons. The van der Waals surface area contributed by atoms with Gasteiger partial charge in [0.2, 0.25) is 0 Å². The summed E-state index contributed by atoms with van der Waals surface area (Å²) in [5.74, 6) is -0.365. The number of anilines is 1. The lowest BCUT2D eigenvalue weighted by molar-refractivity contribution is 0.0988. The van der Waals surface area contributed by atoms with Crippen LogP contribution >= 0.6 is 22.6 Å². The van der Waals surface area contributed by atoms with E-state index in [1.807, 2.05) is 18.2 Å². The molecule has 1 aliphatic heterocycles. The summed E-state index contributed by atoms with van der Waals surface area (Å²) in [6, 6.07) is 12.1. The monoisotopic (exact) mass is 367 g/mol.